The quantitative estimate of drug-likeness (QED) is 0.648. The fourth-order valence-corrected chi connectivity index (χ4v) is 2.09. The van der Waals surface area contributed by atoms with Crippen LogP contribution in [0.15, 0.2) is 24.3 Å². The fourth-order valence-electron chi connectivity index (χ4n) is 2.09. The predicted octanol–water partition coefficient (Wildman–Crippen LogP) is 2.15. The number of rotatable bonds is 9. The van der Waals surface area contributed by atoms with Crippen LogP contribution in [0, 0.1) is 0 Å². The maximum Gasteiger partial charge on any atom is 0.180 e. The Morgan fingerprint density at radius 1 is 1.15 bits per heavy atom. The normalized spacial score (nSPS) is 11.1. The molecular formula is C16H26N2O2. The van der Waals surface area contributed by atoms with Crippen molar-refractivity contribution >= 4 is 5.78 Å². The van der Waals surface area contributed by atoms with E-state index >= 15 is 0 Å². The lowest BCUT2D eigenvalue weighted by atomic mass is 10.1. The standard InChI is InChI=1S/C16H26N2O2/c1-5-10-18(12-11-17(2)3)13-15(19)14-8-6-7-9-16(14)20-4/h6-9H,5,10-13H2,1-4H3. The second-order valence-corrected chi connectivity index (χ2v) is 5.20. The van der Waals surface area contributed by atoms with E-state index in [4.69, 9.17) is 4.74 Å². The maximum atomic E-state index is 12.4. The molecule has 1 rings (SSSR count). The second kappa shape index (κ2) is 8.72. The maximum absolute atomic E-state index is 12.4. The number of carbonyl (C=O) groups is 1. The molecule has 1 aromatic carbocycles. The van der Waals surface area contributed by atoms with E-state index in [-0.39, 0.29) is 5.78 Å². The number of carbonyl (C=O) groups excluding carboxylic acids is 1. The SMILES string of the molecule is CCCN(CCN(C)C)CC(=O)c1ccccc1OC. The van der Waals surface area contributed by atoms with E-state index in [1.807, 2.05) is 38.4 Å². The molecule has 0 aliphatic rings. The van der Waals surface area contributed by atoms with Crippen LogP contribution in [0.4, 0.5) is 0 Å². The molecule has 112 valence electrons. The highest BCUT2D eigenvalue weighted by Gasteiger charge is 2.15. The number of ether oxygens (including phenoxy) is 1. The van der Waals surface area contributed by atoms with Crippen LogP contribution in [-0.2, 0) is 0 Å². The van der Waals surface area contributed by atoms with Crippen molar-refractivity contribution in [3.63, 3.8) is 0 Å². The molecule has 0 saturated heterocycles. The summed E-state index contributed by atoms with van der Waals surface area (Å²) < 4.78 is 5.26. The molecule has 0 saturated carbocycles. The Hall–Kier alpha value is -1.39. The van der Waals surface area contributed by atoms with Gasteiger partial charge in [-0.25, -0.2) is 0 Å². The van der Waals surface area contributed by atoms with Gasteiger partial charge in [0.15, 0.2) is 5.78 Å². The average Bonchev–Trinajstić information content (AvgIpc) is 2.44. The van der Waals surface area contributed by atoms with Crippen LogP contribution in [0.25, 0.3) is 0 Å². The molecule has 0 N–H and O–H groups in total. The van der Waals surface area contributed by atoms with E-state index < -0.39 is 0 Å². The summed E-state index contributed by atoms with van der Waals surface area (Å²) in [5.41, 5.74) is 0.668. The Labute approximate surface area is 122 Å². The minimum absolute atomic E-state index is 0.120. The van der Waals surface area contributed by atoms with Crippen LogP contribution in [0.5, 0.6) is 5.75 Å². The van der Waals surface area contributed by atoms with Gasteiger partial charge in [0.2, 0.25) is 0 Å². The van der Waals surface area contributed by atoms with E-state index in [1.165, 1.54) is 0 Å². The molecule has 0 aliphatic carbocycles. The van der Waals surface area contributed by atoms with E-state index in [0.717, 1.165) is 26.1 Å². The number of methoxy groups -OCH3 is 1. The van der Waals surface area contributed by atoms with Gasteiger partial charge in [-0.3, -0.25) is 9.69 Å². The van der Waals surface area contributed by atoms with E-state index in [9.17, 15) is 4.79 Å². The molecule has 0 spiro atoms. The minimum Gasteiger partial charge on any atom is -0.496 e. The first-order chi connectivity index (χ1) is 9.58. The highest BCUT2D eigenvalue weighted by Crippen LogP contribution is 2.18. The van der Waals surface area contributed by atoms with E-state index in [2.05, 4.69) is 16.7 Å². The number of para-hydroxylation sites is 1. The summed E-state index contributed by atoms with van der Waals surface area (Å²) in [4.78, 5) is 16.8. The van der Waals surface area contributed by atoms with Gasteiger partial charge in [0, 0.05) is 13.1 Å². The molecule has 0 atom stereocenters. The Kier molecular flexibility index (Phi) is 7.26. The van der Waals surface area contributed by atoms with Gasteiger partial charge in [0.1, 0.15) is 5.75 Å². The summed E-state index contributed by atoms with van der Waals surface area (Å²) in [6, 6.07) is 7.42. The van der Waals surface area contributed by atoms with Crippen molar-refractivity contribution < 1.29 is 9.53 Å². The molecule has 0 heterocycles. The number of Topliss-reactive ketones (excluding diaryl/α,β-unsaturated/α-hetero) is 1. The Morgan fingerprint density at radius 3 is 2.45 bits per heavy atom. The summed E-state index contributed by atoms with van der Waals surface area (Å²) in [6.07, 6.45) is 1.05. The van der Waals surface area contributed by atoms with Gasteiger partial charge >= 0.3 is 0 Å². The molecule has 4 heteroatoms. The molecule has 0 unspecified atom stereocenters. The lowest BCUT2D eigenvalue weighted by molar-refractivity contribution is 0.0922. The monoisotopic (exact) mass is 278 g/mol. The number of likely N-dealkylation sites (N-methyl/N-ethyl adjacent to an activating group) is 1. The lowest BCUT2D eigenvalue weighted by Crippen LogP contribution is -2.36. The molecule has 1 aromatic rings. The van der Waals surface area contributed by atoms with Crippen LogP contribution in [0.1, 0.15) is 23.7 Å². The Bertz CT molecular complexity index is 419. The van der Waals surface area contributed by atoms with Gasteiger partial charge < -0.3 is 9.64 Å². The first-order valence-electron chi connectivity index (χ1n) is 7.11. The summed E-state index contributed by atoms with van der Waals surface area (Å²) in [7, 11) is 5.69. The minimum atomic E-state index is 0.120. The number of ketones is 1. The van der Waals surface area contributed by atoms with Crippen molar-refractivity contribution in [3.05, 3.63) is 29.8 Å². The van der Waals surface area contributed by atoms with Crippen molar-refractivity contribution in [1.29, 1.82) is 0 Å². The van der Waals surface area contributed by atoms with Crippen LogP contribution in [0.2, 0.25) is 0 Å². The zero-order valence-corrected chi connectivity index (χ0v) is 13.1. The summed E-state index contributed by atoms with van der Waals surface area (Å²) in [6.45, 7) is 5.38. The number of nitrogens with zero attached hydrogens (tertiary/aromatic N) is 2. The third kappa shape index (κ3) is 5.31. The van der Waals surface area contributed by atoms with Gasteiger partial charge in [0.05, 0.1) is 19.2 Å². The van der Waals surface area contributed by atoms with Gasteiger partial charge in [0.25, 0.3) is 0 Å². The fraction of sp³-hybridized carbons (Fsp3) is 0.562. The molecule has 0 radical (unpaired) electrons. The third-order valence-electron chi connectivity index (χ3n) is 3.18. The van der Waals surface area contributed by atoms with Gasteiger partial charge in [-0.1, -0.05) is 19.1 Å². The number of hydrogen-bond donors (Lipinski definition) is 0. The Morgan fingerprint density at radius 2 is 1.85 bits per heavy atom. The van der Waals surface area contributed by atoms with Crippen LogP contribution in [-0.4, -0.2) is 63.0 Å². The van der Waals surface area contributed by atoms with E-state index in [1.54, 1.807) is 7.11 Å². The van der Waals surface area contributed by atoms with Gasteiger partial charge in [-0.15, -0.1) is 0 Å². The Balaban J connectivity index is 2.69. The van der Waals surface area contributed by atoms with Crippen LogP contribution in [0.3, 0.4) is 0 Å². The molecule has 0 fully saturated rings. The largest absolute Gasteiger partial charge is 0.496 e. The third-order valence-corrected chi connectivity index (χ3v) is 3.18. The predicted molar refractivity (Wildman–Crippen MR) is 82.6 cm³/mol. The van der Waals surface area contributed by atoms with Crippen molar-refractivity contribution in [3.8, 4) is 5.75 Å². The first kappa shape index (κ1) is 16.7. The van der Waals surface area contributed by atoms with Crippen molar-refractivity contribution in [2.75, 3.05) is 47.4 Å². The molecule has 20 heavy (non-hydrogen) atoms. The average molecular weight is 278 g/mol. The van der Waals surface area contributed by atoms with Crippen molar-refractivity contribution in [2.45, 2.75) is 13.3 Å². The number of hydrogen-bond acceptors (Lipinski definition) is 4. The highest BCUT2D eigenvalue weighted by molar-refractivity contribution is 6.00. The van der Waals surface area contributed by atoms with Crippen molar-refractivity contribution in [1.82, 2.24) is 9.80 Å². The number of benzene rings is 1. The van der Waals surface area contributed by atoms with Crippen LogP contribution >= 0.6 is 0 Å². The molecular weight excluding hydrogens is 252 g/mol. The zero-order valence-electron chi connectivity index (χ0n) is 13.1. The molecule has 4 nitrogen and oxygen atoms in total. The van der Waals surface area contributed by atoms with Gasteiger partial charge in [-0.05, 0) is 39.2 Å². The summed E-state index contributed by atoms with van der Waals surface area (Å²) >= 11 is 0. The molecule has 0 aliphatic heterocycles. The molecule has 0 bridgehead atoms. The zero-order chi connectivity index (χ0) is 15.0. The molecule has 0 aromatic heterocycles. The lowest BCUT2D eigenvalue weighted by Gasteiger charge is -2.23. The van der Waals surface area contributed by atoms with Crippen molar-refractivity contribution in [2.24, 2.45) is 0 Å². The van der Waals surface area contributed by atoms with Crippen LogP contribution < -0.4 is 4.74 Å². The summed E-state index contributed by atoms with van der Waals surface area (Å²) in [5.74, 6) is 0.774. The van der Waals surface area contributed by atoms with E-state index in [0.29, 0.717) is 17.9 Å². The smallest absolute Gasteiger partial charge is 0.180 e. The highest BCUT2D eigenvalue weighted by atomic mass is 16.5. The van der Waals surface area contributed by atoms with Gasteiger partial charge in [-0.2, -0.15) is 0 Å². The molecule has 0 amide bonds. The second-order valence-electron chi connectivity index (χ2n) is 5.20. The summed E-state index contributed by atoms with van der Waals surface area (Å²) in [5, 5.41) is 0. The topological polar surface area (TPSA) is 32.8 Å². The first-order valence-corrected chi connectivity index (χ1v) is 7.11.